The Morgan fingerprint density at radius 2 is 1.92 bits per heavy atom. The number of pyridine rings is 1. The Morgan fingerprint density at radius 1 is 1.12 bits per heavy atom. The van der Waals surface area contributed by atoms with Crippen LogP contribution >= 0.6 is 11.6 Å². The van der Waals surface area contributed by atoms with Crippen molar-refractivity contribution >= 4 is 17.5 Å². The van der Waals surface area contributed by atoms with Gasteiger partial charge in [-0.05, 0) is 48.4 Å². The van der Waals surface area contributed by atoms with Crippen molar-refractivity contribution < 1.29 is 4.79 Å². The Kier molecular flexibility index (Phi) is 4.02. The fourth-order valence-corrected chi connectivity index (χ4v) is 4.14. The summed E-state index contributed by atoms with van der Waals surface area (Å²) >= 11 is 5.94. The van der Waals surface area contributed by atoms with Crippen LogP contribution in [0.1, 0.15) is 23.2 Å². The molecule has 2 heterocycles. The third-order valence-corrected chi connectivity index (χ3v) is 5.61. The van der Waals surface area contributed by atoms with Gasteiger partial charge in [0.2, 0.25) is 0 Å². The number of nitrogens with two attached hydrogens (primary N) is 1. The highest BCUT2D eigenvalue weighted by atomic mass is 35.5. The van der Waals surface area contributed by atoms with Crippen molar-refractivity contribution in [1.82, 2.24) is 9.88 Å². The second-order valence-corrected chi connectivity index (χ2v) is 7.28. The lowest BCUT2D eigenvalue weighted by Gasteiger charge is -2.19. The van der Waals surface area contributed by atoms with Crippen LogP contribution in [0.4, 0.5) is 0 Å². The number of likely N-dealkylation sites (tertiary alicyclic amines) is 1. The van der Waals surface area contributed by atoms with Crippen LogP contribution < -0.4 is 5.73 Å². The maximum atomic E-state index is 12.8. The summed E-state index contributed by atoms with van der Waals surface area (Å²) in [6.07, 6.45) is 5.65. The molecule has 1 saturated carbocycles. The maximum Gasteiger partial charge on any atom is 0.255 e. The molecule has 3 atom stereocenters. The second-order valence-electron chi connectivity index (χ2n) is 6.84. The first kappa shape index (κ1) is 15.6. The van der Waals surface area contributed by atoms with E-state index >= 15 is 0 Å². The van der Waals surface area contributed by atoms with E-state index in [-0.39, 0.29) is 11.9 Å². The largest absolute Gasteiger partial charge is 0.338 e. The van der Waals surface area contributed by atoms with Gasteiger partial charge in [-0.1, -0.05) is 23.7 Å². The Morgan fingerprint density at radius 3 is 2.67 bits per heavy atom. The molecule has 1 saturated heterocycles. The summed E-state index contributed by atoms with van der Waals surface area (Å²) < 4.78 is 0. The minimum Gasteiger partial charge on any atom is -0.338 e. The standard InChI is InChI=1S/C19H20ClN3O/c20-16-4-1-12(2-5-16)14-7-15(9-22-8-14)19(24)23-10-13-3-6-18(21)17(13)11-23/h1-2,4-5,7-9,13,17-18H,3,6,10-11,21H2. The van der Waals surface area contributed by atoms with Gasteiger partial charge in [0.05, 0.1) is 5.56 Å². The smallest absolute Gasteiger partial charge is 0.255 e. The van der Waals surface area contributed by atoms with Crippen molar-refractivity contribution in [2.75, 3.05) is 13.1 Å². The molecule has 2 aliphatic rings. The maximum absolute atomic E-state index is 12.8. The Labute approximate surface area is 146 Å². The molecule has 2 aromatic rings. The van der Waals surface area contributed by atoms with Gasteiger partial charge in [0.1, 0.15) is 0 Å². The first-order valence-electron chi connectivity index (χ1n) is 8.37. The van der Waals surface area contributed by atoms with Gasteiger partial charge in [-0.25, -0.2) is 0 Å². The summed E-state index contributed by atoms with van der Waals surface area (Å²) in [5.74, 6) is 1.08. The molecule has 0 bridgehead atoms. The van der Waals surface area contributed by atoms with Gasteiger partial charge in [0.25, 0.3) is 5.91 Å². The van der Waals surface area contributed by atoms with Crippen molar-refractivity contribution in [3.8, 4) is 11.1 Å². The second kappa shape index (κ2) is 6.19. The number of aromatic nitrogens is 1. The molecule has 4 rings (SSSR count). The molecule has 3 unspecified atom stereocenters. The van der Waals surface area contributed by atoms with Crippen molar-refractivity contribution in [2.24, 2.45) is 17.6 Å². The number of benzene rings is 1. The summed E-state index contributed by atoms with van der Waals surface area (Å²) in [6.45, 7) is 1.60. The number of rotatable bonds is 2. The lowest BCUT2D eigenvalue weighted by molar-refractivity contribution is 0.0779. The van der Waals surface area contributed by atoms with Crippen LogP contribution in [0.3, 0.4) is 0 Å². The summed E-state index contributed by atoms with van der Waals surface area (Å²) in [7, 11) is 0. The Hall–Kier alpha value is -1.91. The van der Waals surface area contributed by atoms with Crippen LogP contribution in [0.2, 0.25) is 5.02 Å². The minimum atomic E-state index is 0.0555. The normalized spacial score (nSPS) is 25.8. The molecule has 1 amide bonds. The number of nitrogens with zero attached hydrogens (tertiary/aromatic N) is 2. The average Bonchev–Trinajstić information content (AvgIpc) is 3.17. The van der Waals surface area contributed by atoms with Crippen molar-refractivity contribution in [2.45, 2.75) is 18.9 Å². The number of carbonyl (C=O) groups is 1. The SMILES string of the molecule is NC1CCC2CN(C(=O)c3cncc(-c4ccc(Cl)cc4)c3)CC12. The van der Waals surface area contributed by atoms with Crippen LogP contribution in [-0.2, 0) is 0 Å². The average molecular weight is 342 g/mol. The number of hydrogen-bond donors (Lipinski definition) is 1. The molecular formula is C19H20ClN3O. The first-order valence-corrected chi connectivity index (χ1v) is 8.75. The van der Waals surface area contributed by atoms with E-state index in [4.69, 9.17) is 17.3 Å². The van der Waals surface area contributed by atoms with E-state index < -0.39 is 0 Å². The monoisotopic (exact) mass is 341 g/mol. The van der Waals surface area contributed by atoms with Gasteiger partial charge in [-0.15, -0.1) is 0 Å². The number of carbonyl (C=O) groups excluding carboxylic acids is 1. The summed E-state index contributed by atoms with van der Waals surface area (Å²) in [6, 6.07) is 9.71. The number of fused-ring (bicyclic) bond motifs is 1. The number of halogens is 1. The zero-order valence-corrected chi connectivity index (χ0v) is 14.1. The summed E-state index contributed by atoms with van der Waals surface area (Å²) in [5.41, 5.74) is 8.73. The van der Waals surface area contributed by atoms with E-state index in [1.54, 1.807) is 12.4 Å². The molecule has 2 fully saturated rings. The lowest BCUT2D eigenvalue weighted by Crippen LogP contribution is -2.33. The molecule has 0 radical (unpaired) electrons. The zero-order valence-electron chi connectivity index (χ0n) is 13.4. The lowest BCUT2D eigenvalue weighted by atomic mass is 9.98. The van der Waals surface area contributed by atoms with Crippen molar-refractivity contribution in [1.29, 1.82) is 0 Å². The van der Waals surface area contributed by atoms with Crippen molar-refractivity contribution in [3.05, 3.63) is 53.3 Å². The quantitative estimate of drug-likeness (QED) is 0.912. The van der Waals surface area contributed by atoms with E-state index in [1.807, 2.05) is 35.2 Å². The highest BCUT2D eigenvalue weighted by molar-refractivity contribution is 6.30. The van der Waals surface area contributed by atoms with Crippen LogP contribution in [0.15, 0.2) is 42.7 Å². The van der Waals surface area contributed by atoms with Crippen molar-refractivity contribution in [3.63, 3.8) is 0 Å². The molecule has 24 heavy (non-hydrogen) atoms. The molecule has 5 heteroatoms. The Bertz CT molecular complexity index is 761. The molecule has 124 valence electrons. The summed E-state index contributed by atoms with van der Waals surface area (Å²) in [5, 5.41) is 0.693. The van der Waals surface area contributed by atoms with E-state index in [9.17, 15) is 4.79 Å². The number of amides is 1. The third-order valence-electron chi connectivity index (χ3n) is 5.36. The number of hydrogen-bond acceptors (Lipinski definition) is 3. The van der Waals surface area contributed by atoms with E-state index in [2.05, 4.69) is 4.98 Å². The van der Waals surface area contributed by atoms with Gasteiger partial charge < -0.3 is 10.6 Å². The van der Waals surface area contributed by atoms with Crippen LogP contribution in [0.5, 0.6) is 0 Å². The molecule has 1 aromatic heterocycles. The van der Waals surface area contributed by atoms with Gasteiger partial charge in [-0.3, -0.25) is 9.78 Å². The van der Waals surface area contributed by atoms with Gasteiger partial charge in [-0.2, -0.15) is 0 Å². The predicted octanol–water partition coefficient (Wildman–Crippen LogP) is 3.21. The van der Waals surface area contributed by atoms with E-state index in [0.717, 1.165) is 37.1 Å². The molecule has 2 N–H and O–H groups in total. The molecule has 1 aromatic carbocycles. The predicted molar refractivity (Wildman–Crippen MR) is 94.8 cm³/mol. The fraction of sp³-hybridized carbons (Fsp3) is 0.368. The molecule has 0 spiro atoms. The molecular weight excluding hydrogens is 322 g/mol. The highest BCUT2D eigenvalue weighted by Crippen LogP contribution is 2.37. The van der Waals surface area contributed by atoms with Crippen LogP contribution in [0, 0.1) is 11.8 Å². The molecule has 1 aliphatic heterocycles. The summed E-state index contributed by atoms with van der Waals surface area (Å²) in [4.78, 5) is 19.0. The van der Waals surface area contributed by atoms with Gasteiger partial charge in [0, 0.05) is 42.1 Å². The zero-order chi connectivity index (χ0) is 16.7. The topological polar surface area (TPSA) is 59.2 Å². The minimum absolute atomic E-state index is 0.0555. The van der Waals surface area contributed by atoms with Gasteiger partial charge >= 0.3 is 0 Å². The first-order chi connectivity index (χ1) is 11.6. The van der Waals surface area contributed by atoms with Crippen LogP contribution in [0.25, 0.3) is 11.1 Å². The van der Waals surface area contributed by atoms with Gasteiger partial charge in [0.15, 0.2) is 0 Å². The molecule has 4 nitrogen and oxygen atoms in total. The molecule has 1 aliphatic carbocycles. The third kappa shape index (κ3) is 2.80. The van der Waals surface area contributed by atoms with Crippen LogP contribution in [-0.4, -0.2) is 34.9 Å². The Balaban J connectivity index is 1.55. The fourth-order valence-electron chi connectivity index (χ4n) is 4.01. The van der Waals surface area contributed by atoms with E-state index in [1.165, 1.54) is 0 Å². The highest BCUT2D eigenvalue weighted by Gasteiger charge is 2.42. The van der Waals surface area contributed by atoms with E-state index in [0.29, 0.717) is 22.4 Å².